The van der Waals surface area contributed by atoms with Crippen molar-refractivity contribution in [3.8, 4) is 5.75 Å². The van der Waals surface area contributed by atoms with Gasteiger partial charge in [0.2, 0.25) is 5.91 Å². The van der Waals surface area contributed by atoms with Gasteiger partial charge >= 0.3 is 0 Å². The van der Waals surface area contributed by atoms with Gasteiger partial charge in [-0.25, -0.2) is 8.42 Å². The summed E-state index contributed by atoms with van der Waals surface area (Å²) in [4.78, 5) is 16.1. The number of methoxy groups -OCH3 is 1. The second kappa shape index (κ2) is 8.32. The second-order valence-electron chi connectivity index (χ2n) is 7.60. The topological polar surface area (TPSA) is 88.3 Å². The van der Waals surface area contributed by atoms with Crippen LogP contribution in [0.15, 0.2) is 48.7 Å². The van der Waals surface area contributed by atoms with Crippen LogP contribution in [0.2, 0.25) is 5.02 Å². The monoisotopic (exact) mass is 446 g/mol. The Bertz CT molecular complexity index is 1170. The van der Waals surface area contributed by atoms with Gasteiger partial charge < -0.3 is 15.0 Å². The number of nitrogens with one attached hydrogen (secondary N) is 2. The first kappa shape index (κ1) is 20.8. The Labute approximate surface area is 180 Å². The molecule has 0 aliphatic carbocycles. The van der Waals surface area contributed by atoms with Crippen LogP contribution >= 0.6 is 11.6 Å². The Kier molecular flexibility index (Phi) is 5.75. The van der Waals surface area contributed by atoms with Crippen molar-refractivity contribution in [3.63, 3.8) is 0 Å². The summed E-state index contributed by atoms with van der Waals surface area (Å²) in [5, 5.41) is 4.45. The molecule has 1 amide bonds. The maximum absolute atomic E-state index is 12.9. The van der Waals surface area contributed by atoms with E-state index in [1.807, 2.05) is 36.5 Å². The zero-order chi connectivity index (χ0) is 21.3. The Morgan fingerprint density at radius 1 is 1.27 bits per heavy atom. The van der Waals surface area contributed by atoms with Crippen molar-refractivity contribution < 1.29 is 17.9 Å². The molecule has 0 radical (unpaired) electrons. The van der Waals surface area contributed by atoms with Crippen LogP contribution in [-0.4, -0.2) is 44.0 Å². The fourth-order valence-electron chi connectivity index (χ4n) is 4.11. The van der Waals surface area contributed by atoms with Gasteiger partial charge in [0.25, 0.3) is 0 Å². The van der Waals surface area contributed by atoms with Crippen LogP contribution in [0.5, 0.6) is 5.75 Å². The highest BCUT2D eigenvalue weighted by molar-refractivity contribution is 7.91. The summed E-state index contributed by atoms with van der Waals surface area (Å²) in [6.07, 6.45) is 2.55. The summed E-state index contributed by atoms with van der Waals surface area (Å²) >= 11 is 6.07. The van der Waals surface area contributed by atoms with E-state index in [-0.39, 0.29) is 35.8 Å². The number of halogens is 1. The third-order valence-electron chi connectivity index (χ3n) is 5.55. The molecule has 30 heavy (non-hydrogen) atoms. The molecule has 1 saturated heterocycles. The highest BCUT2D eigenvalue weighted by atomic mass is 35.5. The van der Waals surface area contributed by atoms with Gasteiger partial charge in [-0.15, -0.1) is 0 Å². The van der Waals surface area contributed by atoms with Gasteiger partial charge in [-0.2, -0.15) is 0 Å². The van der Waals surface area contributed by atoms with Crippen LogP contribution in [0.4, 0.5) is 0 Å². The molecule has 2 atom stereocenters. The molecule has 4 rings (SSSR count). The predicted octanol–water partition coefficient (Wildman–Crippen LogP) is 3.66. The van der Waals surface area contributed by atoms with Gasteiger partial charge in [0.15, 0.2) is 9.84 Å². The smallest absolute Gasteiger partial charge is 0.221 e. The van der Waals surface area contributed by atoms with Crippen LogP contribution in [0.1, 0.15) is 29.9 Å². The molecule has 1 aliphatic heterocycles. The van der Waals surface area contributed by atoms with Gasteiger partial charge in [0.1, 0.15) is 5.75 Å². The number of hydrogen-bond donors (Lipinski definition) is 2. The zero-order valence-electron chi connectivity index (χ0n) is 16.5. The SMILES string of the molecule is COc1cccc2[nH]cc(C(CC(=O)NC3CCS(=O)(=O)C3)c3ccc(Cl)cc3)c12. The van der Waals surface area contributed by atoms with Crippen molar-refractivity contribution in [2.45, 2.75) is 24.8 Å². The van der Waals surface area contributed by atoms with E-state index in [0.717, 1.165) is 27.8 Å². The molecule has 8 heteroatoms. The third kappa shape index (κ3) is 4.32. The van der Waals surface area contributed by atoms with Gasteiger partial charge in [0, 0.05) is 40.5 Å². The minimum atomic E-state index is -3.06. The van der Waals surface area contributed by atoms with Crippen LogP contribution in [-0.2, 0) is 14.6 Å². The number of H-pyrrole nitrogens is 1. The van der Waals surface area contributed by atoms with Gasteiger partial charge in [-0.05, 0) is 41.8 Å². The van der Waals surface area contributed by atoms with E-state index in [2.05, 4.69) is 10.3 Å². The van der Waals surface area contributed by atoms with Crippen molar-refractivity contribution in [2.24, 2.45) is 0 Å². The average molecular weight is 447 g/mol. The lowest BCUT2D eigenvalue weighted by Crippen LogP contribution is -2.36. The molecule has 6 nitrogen and oxygen atoms in total. The molecule has 1 fully saturated rings. The molecular formula is C22H23ClN2O4S. The van der Waals surface area contributed by atoms with Crippen molar-refractivity contribution >= 4 is 38.2 Å². The number of ether oxygens (including phenoxy) is 1. The number of benzene rings is 2. The number of aromatic nitrogens is 1. The van der Waals surface area contributed by atoms with Gasteiger partial charge in [0.05, 0.1) is 18.6 Å². The molecule has 2 aromatic carbocycles. The summed E-state index contributed by atoms with van der Waals surface area (Å²) < 4.78 is 29.0. The molecule has 158 valence electrons. The van der Waals surface area contributed by atoms with Crippen LogP contribution in [0.25, 0.3) is 10.9 Å². The molecule has 0 bridgehead atoms. The number of aromatic amines is 1. The number of rotatable bonds is 6. The number of hydrogen-bond acceptors (Lipinski definition) is 4. The summed E-state index contributed by atoms with van der Waals surface area (Å²) in [6.45, 7) is 0. The second-order valence-corrected chi connectivity index (χ2v) is 10.3. The fraction of sp³-hybridized carbons (Fsp3) is 0.318. The van der Waals surface area contributed by atoms with Crippen LogP contribution in [0.3, 0.4) is 0 Å². The number of amides is 1. The number of carbonyl (C=O) groups is 1. The first-order valence-electron chi connectivity index (χ1n) is 9.75. The molecule has 0 saturated carbocycles. The lowest BCUT2D eigenvalue weighted by molar-refractivity contribution is -0.121. The normalized spacial score (nSPS) is 18.9. The average Bonchev–Trinajstić information content (AvgIpc) is 3.29. The first-order chi connectivity index (χ1) is 14.4. The van der Waals surface area contributed by atoms with E-state index >= 15 is 0 Å². The highest BCUT2D eigenvalue weighted by Crippen LogP contribution is 2.38. The molecule has 1 aliphatic rings. The number of carbonyl (C=O) groups excluding carboxylic acids is 1. The molecule has 2 N–H and O–H groups in total. The van der Waals surface area contributed by atoms with Crippen molar-refractivity contribution in [1.82, 2.24) is 10.3 Å². The summed E-state index contributed by atoms with van der Waals surface area (Å²) in [5.74, 6) is 0.431. The van der Waals surface area contributed by atoms with E-state index in [1.165, 1.54) is 0 Å². The third-order valence-corrected chi connectivity index (χ3v) is 7.57. The maximum Gasteiger partial charge on any atom is 0.221 e. The Morgan fingerprint density at radius 3 is 2.70 bits per heavy atom. The van der Waals surface area contributed by atoms with E-state index in [4.69, 9.17) is 16.3 Å². The summed E-state index contributed by atoms with van der Waals surface area (Å²) in [5.41, 5.74) is 2.81. The number of fused-ring (bicyclic) bond motifs is 1. The molecule has 0 spiro atoms. The first-order valence-corrected chi connectivity index (χ1v) is 12.0. The minimum Gasteiger partial charge on any atom is -0.496 e. The largest absolute Gasteiger partial charge is 0.496 e. The van der Waals surface area contributed by atoms with E-state index in [9.17, 15) is 13.2 Å². The lowest BCUT2D eigenvalue weighted by atomic mass is 9.87. The molecule has 3 aromatic rings. The van der Waals surface area contributed by atoms with Crippen molar-refractivity contribution in [2.75, 3.05) is 18.6 Å². The van der Waals surface area contributed by atoms with Crippen molar-refractivity contribution in [3.05, 3.63) is 64.8 Å². The van der Waals surface area contributed by atoms with E-state index in [0.29, 0.717) is 11.4 Å². The van der Waals surface area contributed by atoms with Gasteiger partial charge in [-0.3, -0.25) is 4.79 Å². The quantitative estimate of drug-likeness (QED) is 0.604. The Balaban J connectivity index is 1.67. The lowest BCUT2D eigenvalue weighted by Gasteiger charge is -2.19. The van der Waals surface area contributed by atoms with Crippen LogP contribution < -0.4 is 10.1 Å². The van der Waals surface area contributed by atoms with Crippen LogP contribution in [0, 0.1) is 0 Å². The number of sulfone groups is 1. The molecule has 1 aromatic heterocycles. The maximum atomic E-state index is 12.9. The summed E-state index contributed by atoms with van der Waals surface area (Å²) in [7, 11) is -1.44. The summed E-state index contributed by atoms with van der Waals surface area (Å²) in [6, 6.07) is 12.9. The molecular weight excluding hydrogens is 424 g/mol. The van der Waals surface area contributed by atoms with E-state index in [1.54, 1.807) is 19.2 Å². The molecule has 2 heterocycles. The highest BCUT2D eigenvalue weighted by Gasteiger charge is 2.30. The Hall–Kier alpha value is -2.51. The van der Waals surface area contributed by atoms with Gasteiger partial charge in [-0.1, -0.05) is 29.8 Å². The van der Waals surface area contributed by atoms with E-state index < -0.39 is 9.84 Å². The zero-order valence-corrected chi connectivity index (χ0v) is 18.1. The Morgan fingerprint density at radius 2 is 2.03 bits per heavy atom. The van der Waals surface area contributed by atoms with Crippen molar-refractivity contribution in [1.29, 1.82) is 0 Å². The predicted molar refractivity (Wildman–Crippen MR) is 118 cm³/mol. The minimum absolute atomic E-state index is 0.00522. The fourth-order valence-corrected chi connectivity index (χ4v) is 5.90. The standard InChI is InChI=1S/C22H23ClN2O4S/c1-29-20-4-2-3-19-22(20)18(12-24-19)17(14-5-7-15(23)8-6-14)11-21(26)25-16-9-10-30(27,28)13-16/h2-8,12,16-17,24H,9-11,13H2,1H3,(H,25,26). The molecule has 2 unspecified atom stereocenters.